The average Bonchev–Trinajstić information content (AvgIpc) is 3.09. The highest BCUT2D eigenvalue weighted by Gasteiger charge is 2.18. The third-order valence-electron chi connectivity index (χ3n) is 3.22. The van der Waals surface area contributed by atoms with Gasteiger partial charge in [-0.2, -0.15) is 4.98 Å². The van der Waals surface area contributed by atoms with Crippen molar-refractivity contribution < 1.29 is 14.0 Å². The lowest BCUT2D eigenvalue weighted by molar-refractivity contribution is 0.353. The van der Waals surface area contributed by atoms with Crippen molar-refractivity contribution in [3.8, 4) is 17.3 Å². The van der Waals surface area contributed by atoms with Crippen molar-refractivity contribution in [1.82, 2.24) is 10.1 Å². The summed E-state index contributed by atoms with van der Waals surface area (Å²) in [5, 5.41) is 13.2. The van der Waals surface area contributed by atoms with E-state index in [2.05, 4.69) is 10.1 Å². The van der Waals surface area contributed by atoms with Crippen molar-refractivity contribution >= 4 is 0 Å². The first-order valence-corrected chi connectivity index (χ1v) is 6.55. The van der Waals surface area contributed by atoms with Gasteiger partial charge in [-0.25, -0.2) is 0 Å². The number of furan rings is 1. The Hall–Kier alpha value is -2.60. The summed E-state index contributed by atoms with van der Waals surface area (Å²) in [5.41, 5.74) is 8.00. The second-order valence-corrected chi connectivity index (χ2v) is 4.87. The molecule has 108 valence electrons. The standard InChI is InChI=1S/C15H15N3O3/c1-9-6-7-20-13(9)14-17-15(21-18-14)12(16)8-10-2-4-11(19)5-3-10/h2-7,12,19H,8,16H2,1H3. The van der Waals surface area contributed by atoms with E-state index >= 15 is 0 Å². The zero-order valence-corrected chi connectivity index (χ0v) is 11.5. The van der Waals surface area contributed by atoms with Gasteiger partial charge >= 0.3 is 0 Å². The van der Waals surface area contributed by atoms with E-state index in [1.165, 1.54) is 0 Å². The van der Waals surface area contributed by atoms with Crippen LogP contribution < -0.4 is 5.73 Å². The van der Waals surface area contributed by atoms with Crippen molar-refractivity contribution in [3.05, 3.63) is 53.6 Å². The second-order valence-electron chi connectivity index (χ2n) is 4.87. The fourth-order valence-corrected chi connectivity index (χ4v) is 2.05. The Kier molecular flexibility index (Phi) is 3.45. The first-order chi connectivity index (χ1) is 10.1. The van der Waals surface area contributed by atoms with Gasteiger partial charge in [-0.05, 0) is 42.7 Å². The molecule has 0 radical (unpaired) electrons. The van der Waals surface area contributed by atoms with Crippen LogP contribution in [0.2, 0.25) is 0 Å². The van der Waals surface area contributed by atoms with Crippen molar-refractivity contribution in [2.45, 2.75) is 19.4 Å². The van der Waals surface area contributed by atoms with Crippen LogP contribution in [-0.2, 0) is 6.42 Å². The number of benzene rings is 1. The summed E-state index contributed by atoms with van der Waals surface area (Å²) >= 11 is 0. The van der Waals surface area contributed by atoms with E-state index in [0.29, 0.717) is 23.9 Å². The minimum absolute atomic E-state index is 0.223. The van der Waals surface area contributed by atoms with Gasteiger partial charge in [-0.15, -0.1) is 0 Å². The minimum Gasteiger partial charge on any atom is -0.508 e. The third-order valence-corrected chi connectivity index (χ3v) is 3.22. The van der Waals surface area contributed by atoms with E-state index in [4.69, 9.17) is 14.7 Å². The van der Waals surface area contributed by atoms with Gasteiger partial charge in [0, 0.05) is 0 Å². The summed E-state index contributed by atoms with van der Waals surface area (Å²) in [7, 11) is 0. The molecule has 6 heteroatoms. The van der Waals surface area contributed by atoms with E-state index in [1.807, 2.05) is 25.1 Å². The van der Waals surface area contributed by atoms with Crippen LogP contribution in [0.1, 0.15) is 23.1 Å². The number of hydrogen-bond donors (Lipinski definition) is 2. The van der Waals surface area contributed by atoms with Crippen LogP contribution in [0.3, 0.4) is 0 Å². The summed E-state index contributed by atoms with van der Waals surface area (Å²) in [4.78, 5) is 4.28. The van der Waals surface area contributed by atoms with Gasteiger partial charge < -0.3 is 19.8 Å². The van der Waals surface area contributed by atoms with Crippen molar-refractivity contribution in [1.29, 1.82) is 0 Å². The van der Waals surface area contributed by atoms with E-state index in [0.717, 1.165) is 11.1 Å². The molecule has 0 amide bonds. The number of rotatable bonds is 4. The van der Waals surface area contributed by atoms with E-state index < -0.39 is 6.04 Å². The molecular formula is C15H15N3O3. The number of aromatic hydroxyl groups is 1. The molecule has 0 spiro atoms. The van der Waals surface area contributed by atoms with Crippen LogP contribution in [0.15, 0.2) is 45.5 Å². The molecule has 0 aliphatic heterocycles. The number of aryl methyl sites for hydroxylation is 1. The molecule has 2 aromatic heterocycles. The van der Waals surface area contributed by atoms with Crippen molar-refractivity contribution in [2.24, 2.45) is 5.73 Å². The molecule has 3 aromatic rings. The highest BCUT2D eigenvalue weighted by molar-refractivity contribution is 5.51. The number of nitrogens with two attached hydrogens (primary N) is 1. The molecule has 1 atom stereocenters. The Morgan fingerprint density at radius 2 is 2.00 bits per heavy atom. The number of phenols is 1. The number of aromatic nitrogens is 2. The first kappa shape index (κ1) is 13.4. The largest absolute Gasteiger partial charge is 0.508 e. The third kappa shape index (κ3) is 2.80. The smallest absolute Gasteiger partial charge is 0.244 e. The van der Waals surface area contributed by atoms with Gasteiger partial charge in [-0.3, -0.25) is 0 Å². The zero-order chi connectivity index (χ0) is 14.8. The summed E-state index contributed by atoms with van der Waals surface area (Å²) in [5.74, 6) is 1.56. The van der Waals surface area contributed by atoms with E-state index in [1.54, 1.807) is 18.4 Å². The molecule has 6 nitrogen and oxygen atoms in total. The SMILES string of the molecule is Cc1ccoc1-c1noc(C(N)Cc2ccc(O)cc2)n1. The Bertz CT molecular complexity index is 731. The molecule has 1 aromatic carbocycles. The van der Waals surface area contributed by atoms with Crippen LogP contribution in [0.4, 0.5) is 0 Å². The van der Waals surface area contributed by atoms with Gasteiger partial charge in [0.15, 0.2) is 5.76 Å². The first-order valence-electron chi connectivity index (χ1n) is 6.55. The number of hydrogen-bond acceptors (Lipinski definition) is 6. The molecule has 21 heavy (non-hydrogen) atoms. The van der Waals surface area contributed by atoms with Crippen LogP contribution in [0.5, 0.6) is 5.75 Å². The Labute approximate surface area is 121 Å². The molecule has 0 bridgehead atoms. The van der Waals surface area contributed by atoms with Crippen molar-refractivity contribution in [2.75, 3.05) is 0 Å². The predicted octanol–water partition coefficient (Wildman–Crippen LogP) is 2.59. The van der Waals surface area contributed by atoms with Gasteiger partial charge in [0.1, 0.15) is 5.75 Å². The average molecular weight is 285 g/mol. The molecule has 0 saturated carbocycles. The maximum Gasteiger partial charge on any atom is 0.244 e. The van der Waals surface area contributed by atoms with Gasteiger partial charge in [0.2, 0.25) is 11.7 Å². The summed E-state index contributed by atoms with van der Waals surface area (Å²) in [6.45, 7) is 1.91. The Morgan fingerprint density at radius 3 is 2.67 bits per heavy atom. The van der Waals surface area contributed by atoms with Gasteiger partial charge in [-0.1, -0.05) is 17.3 Å². The monoisotopic (exact) mass is 285 g/mol. The topological polar surface area (TPSA) is 98.3 Å². The van der Waals surface area contributed by atoms with Crippen molar-refractivity contribution in [3.63, 3.8) is 0 Å². The van der Waals surface area contributed by atoms with E-state index in [9.17, 15) is 5.11 Å². The molecule has 2 heterocycles. The molecule has 0 saturated heterocycles. The highest BCUT2D eigenvalue weighted by Crippen LogP contribution is 2.23. The maximum absolute atomic E-state index is 9.26. The zero-order valence-electron chi connectivity index (χ0n) is 11.5. The van der Waals surface area contributed by atoms with Gasteiger partial charge in [0.05, 0.1) is 12.3 Å². The maximum atomic E-state index is 9.26. The lowest BCUT2D eigenvalue weighted by Gasteiger charge is -2.06. The van der Waals surface area contributed by atoms with Crippen LogP contribution in [0.25, 0.3) is 11.6 Å². The quantitative estimate of drug-likeness (QED) is 0.764. The fraction of sp³-hybridized carbons (Fsp3) is 0.200. The fourth-order valence-electron chi connectivity index (χ4n) is 2.05. The Balaban J connectivity index is 1.76. The van der Waals surface area contributed by atoms with Crippen LogP contribution >= 0.6 is 0 Å². The second kappa shape index (κ2) is 5.41. The molecule has 1 unspecified atom stereocenters. The molecule has 0 aliphatic rings. The number of nitrogens with zero attached hydrogens (tertiary/aromatic N) is 2. The molecular weight excluding hydrogens is 270 g/mol. The number of phenolic OH excluding ortho intramolecular Hbond substituents is 1. The normalized spacial score (nSPS) is 12.5. The van der Waals surface area contributed by atoms with Crippen LogP contribution in [0, 0.1) is 6.92 Å². The summed E-state index contributed by atoms with van der Waals surface area (Å²) in [6.07, 6.45) is 2.12. The minimum atomic E-state index is -0.411. The predicted molar refractivity (Wildman–Crippen MR) is 75.5 cm³/mol. The molecule has 3 rings (SSSR count). The van der Waals surface area contributed by atoms with E-state index in [-0.39, 0.29) is 5.75 Å². The summed E-state index contributed by atoms with van der Waals surface area (Å²) < 4.78 is 10.5. The van der Waals surface area contributed by atoms with Gasteiger partial charge in [0.25, 0.3) is 0 Å². The van der Waals surface area contributed by atoms with Crippen LogP contribution in [-0.4, -0.2) is 15.2 Å². The highest BCUT2D eigenvalue weighted by atomic mass is 16.5. The summed E-state index contributed by atoms with van der Waals surface area (Å²) in [6, 6.07) is 8.28. The lowest BCUT2D eigenvalue weighted by Crippen LogP contribution is -2.13. The molecule has 0 aliphatic carbocycles. The molecule has 0 fully saturated rings. The Morgan fingerprint density at radius 1 is 1.24 bits per heavy atom. The molecule has 3 N–H and O–H groups in total. The lowest BCUT2D eigenvalue weighted by atomic mass is 10.1.